The summed E-state index contributed by atoms with van der Waals surface area (Å²) in [6, 6.07) is 0. The lowest BCUT2D eigenvalue weighted by Crippen LogP contribution is -2.37. The van der Waals surface area contributed by atoms with Crippen LogP contribution in [0.25, 0.3) is 0 Å². The maximum absolute atomic E-state index is 12.8. The number of allylic oxidation sites excluding steroid dienone is 2. The summed E-state index contributed by atoms with van der Waals surface area (Å²) in [5.74, 6) is -1.46. The Labute approximate surface area is 82.2 Å². The van der Waals surface area contributed by atoms with Gasteiger partial charge in [0.2, 0.25) is 5.54 Å². The fraction of sp³-hybridized carbons (Fsp3) is 0.500. The molecule has 0 bridgehead atoms. The van der Waals surface area contributed by atoms with E-state index in [9.17, 15) is 27.7 Å². The van der Waals surface area contributed by atoms with Gasteiger partial charge >= 0.3 is 6.18 Å². The minimum Gasteiger partial charge on any atom is -0.264 e. The Morgan fingerprint density at radius 1 is 1.53 bits per heavy atom. The monoisotopic (exact) mass is 225 g/mol. The van der Waals surface area contributed by atoms with E-state index in [0.717, 1.165) is 13.0 Å². The first-order chi connectivity index (χ1) is 6.67. The first kappa shape index (κ1) is 11.7. The lowest BCUT2D eigenvalue weighted by Gasteiger charge is -2.23. The fourth-order valence-electron chi connectivity index (χ4n) is 1.22. The number of halogens is 4. The van der Waals surface area contributed by atoms with E-state index in [1.165, 1.54) is 0 Å². The average molecular weight is 225 g/mol. The normalized spacial score (nSPS) is 27.0. The Hall–Kier alpha value is -1.40. The third-order valence-electron chi connectivity index (χ3n) is 2.17. The van der Waals surface area contributed by atoms with Crippen molar-refractivity contribution in [2.75, 3.05) is 0 Å². The van der Waals surface area contributed by atoms with Gasteiger partial charge in [-0.15, -0.1) is 0 Å². The smallest absolute Gasteiger partial charge is 0.264 e. The SMILES string of the molecule is CC1([N+](=O)[O-])C=CC(F)=C(C(F)(F)F)C1. The van der Waals surface area contributed by atoms with Crippen LogP contribution in [0, 0.1) is 10.1 Å². The number of rotatable bonds is 1. The molecule has 0 aromatic carbocycles. The Morgan fingerprint density at radius 2 is 2.07 bits per heavy atom. The molecule has 0 aromatic heterocycles. The second-order valence-corrected chi connectivity index (χ2v) is 3.45. The highest BCUT2D eigenvalue weighted by Crippen LogP contribution is 2.39. The zero-order valence-corrected chi connectivity index (χ0v) is 7.64. The molecule has 3 nitrogen and oxygen atoms in total. The number of nitrogens with zero attached hydrogens (tertiary/aromatic N) is 1. The summed E-state index contributed by atoms with van der Waals surface area (Å²) in [7, 11) is 0. The molecule has 15 heavy (non-hydrogen) atoms. The van der Waals surface area contributed by atoms with Gasteiger partial charge in [0.25, 0.3) is 0 Å². The van der Waals surface area contributed by atoms with Crippen molar-refractivity contribution in [2.24, 2.45) is 0 Å². The summed E-state index contributed by atoms with van der Waals surface area (Å²) < 4.78 is 49.5. The first-order valence-electron chi connectivity index (χ1n) is 3.96. The molecule has 0 N–H and O–H groups in total. The molecule has 0 aliphatic heterocycles. The van der Waals surface area contributed by atoms with Gasteiger partial charge in [-0.2, -0.15) is 13.2 Å². The van der Waals surface area contributed by atoms with Crippen LogP contribution in [0.2, 0.25) is 0 Å². The van der Waals surface area contributed by atoms with Crippen LogP contribution in [-0.4, -0.2) is 16.6 Å². The minimum atomic E-state index is -4.87. The highest BCUT2D eigenvalue weighted by Gasteiger charge is 2.47. The Bertz CT molecular complexity index is 358. The van der Waals surface area contributed by atoms with E-state index < -0.39 is 34.5 Å². The lowest BCUT2D eigenvalue weighted by atomic mass is 9.88. The molecule has 1 rings (SSSR count). The third-order valence-corrected chi connectivity index (χ3v) is 2.17. The predicted molar refractivity (Wildman–Crippen MR) is 43.3 cm³/mol. The molecule has 0 spiro atoms. The quantitative estimate of drug-likeness (QED) is 0.391. The van der Waals surface area contributed by atoms with E-state index in [1.54, 1.807) is 0 Å². The molecule has 0 aromatic rings. The molecule has 0 saturated carbocycles. The highest BCUT2D eigenvalue weighted by atomic mass is 19.4. The van der Waals surface area contributed by atoms with Crippen molar-refractivity contribution < 1.29 is 22.5 Å². The van der Waals surface area contributed by atoms with Gasteiger partial charge in [-0.3, -0.25) is 10.1 Å². The van der Waals surface area contributed by atoms with Crippen LogP contribution >= 0.6 is 0 Å². The second kappa shape index (κ2) is 3.32. The molecule has 1 atom stereocenters. The second-order valence-electron chi connectivity index (χ2n) is 3.45. The van der Waals surface area contributed by atoms with Crippen molar-refractivity contribution in [3.8, 4) is 0 Å². The molecule has 0 heterocycles. The molecule has 0 amide bonds. The van der Waals surface area contributed by atoms with Crippen LogP contribution in [-0.2, 0) is 0 Å². The van der Waals surface area contributed by atoms with Crippen molar-refractivity contribution in [3.05, 3.63) is 33.7 Å². The molecule has 0 radical (unpaired) electrons. The summed E-state index contributed by atoms with van der Waals surface area (Å²) in [6.07, 6.45) is -4.52. The maximum atomic E-state index is 12.8. The van der Waals surface area contributed by atoms with Gasteiger partial charge in [0.05, 0.1) is 12.0 Å². The van der Waals surface area contributed by atoms with Gasteiger partial charge in [-0.1, -0.05) is 0 Å². The summed E-state index contributed by atoms with van der Waals surface area (Å²) in [5, 5.41) is 10.5. The topological polar surface area (TPSA) is 43.1 Å². The largest absolute Gasteiger partial charge is 0.415 e. The summed E-state index contributed by atoms with van der Waals surface area (Å²) in [5.41, 5.74) is -3.37. The van der Waals surface area contributed by atoms with Gasteiger partial charge in [-0.25, -0.2) is 4.39 Å². The van der Waals surface area contributed by atoms with Crippen LogP contribution in [0.3, 0.4) is 0 Å². The summed E-state index contributed by atoms with van der Waals surface area (Å²) in [4.78, 5) is 9.64. The van der Waals surface area contributed by atoms with Crippen LogP contribution < -0.4 is 0 Å². The summed E-state index contributed by atoms with van der Waals surface area (Å²) >= 11 is 0. The van der Waals surface area contributed by atoms with E-state index in [4.69, 9.17) is 0 Å². The standard InChI is InChI=1S/C8H7F4NO2/c1-7(13(14)15)3-2-6(9)5(4-7)8(10,11)12/h2-3H,4H2,1H3. The van der Waals surface area contributed by atoms with Crippen LogP contribution in [0.5, 0.6) is 0 Å². The molecular weight excluding hydrogens is 218 g/mol. The van der Waals surface area contributed by atoms with Crippen LogP contribution in [0.15, 0.2) is 23.6 Å². The lowest BCUT2D eigenvalue weighted by molar-refractivity contribution is -0.550. The van der Waals surface area contributed by atoms with Gasteiger partial charge < -0.3 is 0 Å². The van der Waals surface area contributed by atoms with E-state index >= 15 is 0 Å². The number of nitro groups is 1. The zero-order chi connectivity index (χ0) is 11.9. The predicted octanol–water partition coefficient (Wildman–Crippen LogP) is 2.77. The Kier molecular flexibility index (Phi) is 2.58. The van der Waals surface area contributed by atoms with Gasteiger partial charge in [0.1, 0.15) is 5.83 Å². The average Bonchev–Trinajstić information content (AvgIpc) is 2.07. The molecule has 0 fully saturated rings. The molecule has 7 heteroatoms. The van der Waals surface area contributed by atoms with Crippen molar-refractivity contribution in [3.63, 3.8) is 0 Å². The molecule has 1 unspecified atom stereocenters. The Balaban J connectivity index is 3.11. The Morgan fingerprint density at radius 3 is 2.47 bits per heavy atom. The van der Waals surface area contributed by atoms with E-state index in [-0.39, 0.29) is 0 Å². The van der Waals surface area contributed by atoms with Crippen molar-refractivity contribution in [1.82, 2.24) is 0 Å². The first-order valence-corrected chi connectivity index (χ1v) is 3.96. The number of hydrogen-bond donors (Lipinski definition) is 0. The third kappa shape index (κ3) is 2.16. The van der Waals surface area contributed by atoms with Crippen molar-refractivity contribution >= 4 is 0 Å². The van der Waals surface area contributed by atoms with E-state index in [1.807, 2.05) is 0 Å². The molecule has 0 saturated heterocycles. The molecule has 1 aliphatic rings. The minimum absolute atomic E-state index is 0.495. The van der Waals surface area contributed by atoms with Crippen molar-refractivity contribution in [1.29, 1.82) is 0 Å². The van der Waals surface area contributed by atoms with Gasteiger partial charge in [-0.05, 0) is 12.2 Å². The fourth-order valence-corrected chi connectivity index (χ4v) is 1.22. The van der Waals surface area contributed by atoms with Gasteiger partial charge in [0, 0.05) is 11.8 Å². The zero-order valence-electron chi connectivity index (χ0n) is 7.64. The highest BCUT2D eigenvalue weighted by molar-refractivity contribution is 5.32. The summed E-state index contributed by atoms with van der Waals surface area (Å²) in [6.45, 7) is 1.02. The number of hydrogen-bond acceptors (Lipinski definition) is 2. The molecule has 84 valence electrons. The maximum Gasteiger partial charge on any atom is 0.415 e. The van der Waals surface area contributed by atoms with Gasteiger partial charge in [0.15, 0.2) is 0 Å². The van der Waals surface area contributed by atoms with Crippen LogP contribution in [0.1, 0.15) is 13.3 Å². The van der Waals surface area contributed by atoms with Crippen LogP contribution in [0.4, 0.5) is 17.6 Å². The molecular formula is C8H7F4NO2. The van der Waals surface area contributed by atoms with Crippen molar-refractivity contribution in [2.45, 2.75) is 25.1 Å². The number of alkyl halides is 3. The molecule has 1 aliphatic carbocycles. The van der Waals surface area contributed by atoms with E-state index in [2.05, 4.69) is 0 Å². The van der Waals surface area contributed by atoms with E-state index in [0.29, 0.717) is 6.08 Å².